The van der Waals surface area contributed by atoms with Crippen LogP contribution in [0.3, 0.4) is 0 Å². The van der Waals surface area contributed by atoms with Crippen molar-refractivity contribution in [1.29, 1.82) is 0 Å². The fraction of sp³-hybridized carbons (Fsp3) is 0.421. The van der Waals surface area contributed by atoms with Crippen molar-refractivity contribution < 1.29 is 9.59 Å². The maximum absolute atomic E-state index is 12.3. The van der Waals surface area contributed by atoms with E-state index in [1.165, 1.54) is 11.3 Å². The number of nitrogens with one attached hydrogen (secondary N) is 2. The highest BCUT2D eigenvalue weighted by Crippen LogP contribution is 2.17. The van der Waals surface area contributed by atoms with Crippen LogP contribution in [0.4, 0.5) is 9.93 Å². The van der Waals surface area contributed by atoms with E-state index >= 15 is 0 Å². The van der Waals surface area contributed by atoms with Gasteiger partial charge in [0.2, 0.25) is 5.91 Å². The number of nitrogens with zero attached hydrogens (tertiary/aromatic N) is 3. The summed E-state index contributed by atoms with van der Waals surface area (Å²) < 4.78 is 0. The molecule has 7 nitrogen and oxygen atoms in total. The number of carbonyl (C=O) groups excluding carboxylic acids is 2. The van der Waals surface area contributed by atoms with Gasteiger partial charge in [0.25, 0.3) is 0 Å². The Morgan fingerprint density at radius 3 is 2.59 bits per heavy atom. The summed E-state index contributed by atoms with van der Waals surface area (Å²) in [7, 11) is 2.05. The number of urea groups is 1. The lowest BCUT2D eigenvalue weighted by Gasteiger charge is -2.32. The zero-order valence-corrected chi connectivity index (χ0v) is 16.5. The van der Waals surface area contributed by atoms with Crippen LogP contribution in [0.15, 0.2) is 35.7 Å². The first-order valence-electron chi connectivity index (χ1n) is 9.04. The van der Waals surface area contributed by atoms with Crippen LogP contribution >= 0.6 is 11.3 Å². The number of likely N-dealkylation sites (N-methyl/N-ethyl adjacent to an activating group) is 1. The average molecular weight is 388 g/mol. The lowest BCUT2D eigenvalue weighted by molar-refractivity contribution is -0.121. The van der Waals surface area contributed by atoms with Gasteiger partial charge in [-0.25, -0.2) is 9.78 Å². The van der Waals surface area contributed by atoms with Gasteiger partial charge in [0, 0.05) is 31.6 Å². The Balaban J connectivity index is 1.48. The van der Waals surface area contributed by atoms with Crippen LogP contribution in [-0.4, -0.2) is 59.9 Å². The van der Waals surface area contributed by atoms with Gasteiger partial charge >= 0.3 is 6.03 Å². The first-order chi connectivity index (χ1) is 13.0. The highest BCUT2D eigenvalue weighted by atomic mass is 32.1. The quantitative estimate of drug-likeness (QED) is 0.826. The van der Waals surface area contributed by atoms with E-state index in [1.54, 1.807) is 4.90 Å². The van der Waals surface area contributed by atoms with E-state index in [4.69, 9.17) is 0 Å². The normalized spacial score (nSPS) is 16.0. The molecule has 0 aliphatic carbocycles. The van der Waals surface area contributed by atoms with Crippen molar-refractivity contribution in [2.24, 2.45) is 0 Å². The fourth-order valence-corrected chi connectivity index (χ4v) is 3.61. The van der Waals surface area contributed by atoms with Crippen LogP contribution in [0, 0.1) is 0 Å². The zero-order chi connectivity index (χ0) is 19.2. The van der Waals surface area contributed by atoms with Gasteiger partial charge in [0.1, 0.15) is 0 Å². The van der Waals surface area contributed by atoms with Gasteiger partial charge in [0.05, 0.1) is 18.2 Å². The average Bonchev–Trinajstić information content (AvgIpc) is 3.09. The van der Waals surface area contributed by atoms with Crippen LogP contribution in [-0.2, 0) is 11.2 Å². The molecule has 1 unspecified atom stereocenters. The van der Waals surface area contributed by atoms with Crippen molar-refractivity contribution in [3.63, 3.8) is 0 Å². The van der Waals surface area contributed by atoms with Crippen LogP contribution in [0.1, 0.15) is 24.2 Å². The summed E-state index contributed by atoms with van der Waals surface area (Å²) in [4.78, 5) is 32.9. The van der Waals surface area contributed by atoms with Gasteiger partial charge in [-0.1, -0.05) is 30.3 Å². The second-order valence-corrected chi connectivity index (χ2v) is 7.60. The molecule has 3 amide bonds. The molecule has 2 heterocycles. The van der Waals surface area contributed by atoms with Crippen molar-refractivity contribution in [3.8, 4) is 0 Å². The molecule has 1 aromatic heterocycles. The third kappa shape index (κ3) is 5.51. The van der Waals surface area contributed by atoms with E-state index in [2.05, 4.69) is 20.5 Å². The van der Waals surface area contributed by atoms with Gasteiger partial charge in [-0.2, -0.15) is 0 Å². The highest BCUT2D eigenvalue weighted by molar-refractivity contribution is 7.13. The van der Waals surface area contributed by atoms with Crippen LogP contribution in [0.2, 0.25) is 0 Å². The van der Waals surface area contributed by atoms with Crippen LogP contribution in [0.25, 0.3) is 0 Å². The van der Waals surface area contributed by atoms with E-state index in [9.17, 15) is 9.59 Å². The number of benzene rings is 1. The standard InChI is InChI=1S/C19H25N5O2S/c1-14(15-6-4-3-5-7-15)20-17(25)12-16-13-27-18(21-16)22-19(26)24-10-8-23(2)9-11-24/h3-7,13-14H,8-12H2,1-2H3,(H,20,25)(H,21,22,26). The van der Waals surface area contributed by atoms with Crippen molar-refractivity contribution >= 4 is 28.4 Å². The van der Waals surface area contributed by atoms with E-state index in [0.717, 1.165) is 18.7 Å². The molecule has 0 saturated carbocycles. The zero-order valence-electron chi connectivity index (χ0n) is 15.6. The molecule has 8 heteroatoms. The molecule has 3 rings (SSSR count). The van der Waals surface area contributed by atoms with Crippen molar-refractivity contribution in [2.45, 2.75) is 19.4 Å². The van der Waals surface area contributed by atoms with E-state index in [0.29, 0.717) is 23.9 Å². The van der Waals surface area contributed by atoms with Crippen molar-refractivity contribution in [3.05, 3.63) is 47.0 Å². The Bertz CT molecular complexity index is 771. The lowest BCUT2D eigenvalue weighted by Crippen LogP contribution is -2.48. The van der Waals surface area contributed by atoms with Gasteiger partial charge in [-0.05, 0) is 19.5 Å². The molecule has 1 aromatic carbocycles. The van der Waals surface area contributed by atoms with Crippen molar-refractivity contribution in [1.82, 2.24) is 20.1 Å². The molecule has 27 heavy (non-hydrogen) atoms. The number of hydrogen-bond donors (Lipinski definition) is 2. The summed E-state index contributed by atoms with van der Waals surface area (Å²) >= 11 is 1.34. The van der Waals surface area contributed by atoms with E-state index in [1.807, 2.05) is 49.7 Å². The topological polar surface area (TPSA) is 77.6 Å². The Morgan fingerprint density at radius 2 is 1.89 bits per heavy atom. The Hall–Kier alpha value is -2.45. The molecule has 1 aliphatic heterocycles. The monoisotopic (exact) mass is 387 g/mol. The molecule has 2 aromatic rings. The summed E-state index contributed by atoms with van der Waals surface area (Å²) in [5.41, 5.74) is 1.72. The predicted molar refractivity (Wildman–Crippen MR) is 107 cm³/mol. The summed E-state index contributed by atoms with van der Waals surface area (Å²) in [6.07, 6.45) is 0.193. The molecule has 1 fully saturated rings. The molecule has 0 bridgehead atoms. The maximum atomic E-state index is 12.3. The summed E-state index contributed by atoms with van der Waals surface area (Å²) in [5.74, 6) is -0.0893. The van der Waals surface area contributed by atoms with Gasteiger partial charge in [-0.3, -0.25) is 10.1 Å². The molecular formula is C19H25N5O2S. The minimum atomic E-state index is -0.133. The minimum Gasteiger partial charge on any atom is -0.349 e. The molecular weight excluding hydrogens is 362 g/mol. The summed E-state index contributed by atoms with van der Waals surface area (Å²) in [6, 6.07) is 9.63. The molecule has 2 N–H and O–H groups in total. The Labute approximate surface area is 163 Å². The van der Waals surface area contributed by atoms with Crippen LogP contribution in [0.5, 0.6) is 0 Å². The number of thiazole rings is 1. The number of anilines is 1. The minimum absolute atomic E-state index is 0.0614. The number of amides is 3. The highest BCUT2D eigenvalue weighted by Gasteiger charge is 2.20. The number of hydrogen-bond acceptors (Lipinski definition) is 5. The first-order valence-corrected chi connectivity index (χ1v) is 9.92. The summed E-state index contributed by atoms with van der Waals surface area (Å²) in [6.45, 7) is 5.11. The van der Waals surface area contributed by atoms with Gasteiger partial charge in [-0.15, -0.1) is 11.3 Å². The fourth-order valence-electron chi connectivity index (χ4n) is 2.91. The number of aromatic nitrogens is 1. The molecule has 1 aliphatic rings. The second-order valence-electron chi connectivity index (χ2n) is 6.74. The van der Waals surface area contributed by atoms with E-state index in [-0.39, 0.29) is 24.4 Å². The lowest BCUT2D eigenvalue weighted by atomic mass is 10.1. The Kier molecular flexibility index (Phi) is 6.41. The molecule has 144 valence electrons. The molecule has 1 atom stereocenters. The second kappa shape index (κ2) is 8.96. The number of carbonyl (C=O) groups is 2. The maximum Gasteiger partial charge on any atom is 0.323 e. The van der Waals surface area contributed by atoms with E-state index < -0.39 is 0 Å². The van der Waals surface area contributed by atoms with Crippen LogP contribution < -0.4 is 10.6 Å². The Morgan fingerprint density at radius 1 is 1.19 bits per heavy atom. The third-order valence-electron chi connectivity index (χ3n) is 4.57. The molecule has 0 radical (unpaired) electrons. The van der Waals surface area contributed by atoms with Gasteiger partial charge in [0.15, 0.2) is 5.13 Å². The molecule has 0 spiro atoms. The smallest absolute Gasteiger partial charge is 0.323 e. The van der Waals surface area contributed by atoms with Crippen molar-refractivity contribution in [2.75, 3.05) is 38.5 Å². The number of rotatable bonds is 5. The summed E-state index contributed by atoms with van der Waals surface area (Å²) in [5, 5.41) is 8.14. The molecule has 1 saturated heterocycles. The largest absolute Gasteiger partial charge is 0.349 e. The number of piperazine rings is 1. The van der Waals surface area contributed by atoms with Gasteiger partial charge < -0.3 is 15.1 Å². The predicted octanol–water partition coefficient (Wildman–Crippen LogP) is 2.34. The SMILES string of the molecule is CC(NC(=O)Cc1csc(NC(=O)N2CCN(C)CC2)n1)c1ccccc1. The first kappa shape index (κ1) is 19.3. The third-order valence-corrected chi connectivity index (χ3v) is 5.38.